The zero-order valence-corrected chi connectivity index (χ0v) is 14.7. The maximum atomic E-state index is 12.2. The van der Waals surface area contributed by atoms with Crippen molar-refractivity contribution in [2.45, 2.75) is 39.4 Å². The number of hydrogen-bond donors (Lipinski definition) is 3. The minimum absolute atomic E-state index is 0.0442. The summed E-state index contributed by atoms with van der Waals surface area (Å²) in [5, 5.41) is 8.41. The lowest BCUT2D eigenvalue weighted by atomic mass is 10.1. The first-order chi connectivity index (χ1) is 11.7. The number of anilines is 1. The lowest BCUT2D eigenvalue weighted by Gasteiger charge is -2.14. The number of benzene rings is 1. The van der Waals surface area contributed by atoms with E-state index in [1.165, 1.54) is 7.05 Å². The van der Waals surface area contributed by atoms with Crippen molar-refractivity contribution < 1.29 is 18.0 Å². The monoisotopic (exact) mass is 358 g/mol. The molecule has 5 nitrogen and oxygen atoms in total. The van der Waals surface area contributed by atoms with Gasteiger partial charge in [-0.25, -0.2) is 0 Å². The molecular formula is C17H25F3N4O. The van der Waals surface area contributed by atoms with Crippen molar-refractivity contribution in [1.29, 1.82) is 0 Å². The van der Waals surface area contributed by atoms with E-state index < -0.39 is 12.6 Å². The van der Waals surface area contributed by atoms with Crippen LogP contribution in [0.25, 0.3) is 0 Å². The maximum absolute atomic E-state index is 12.2. The molecule has 1 atom stereocenters. The predicted molar refractivity (Wildman–Crippen MR) is 93.4 cm³/mol. The summed E-state index contributed by atoms with van der Waals surface area (Å²) >= 11 is 0. The van der Waals surface area contributed by atoms with Crippen LogP contribution in [0.4, 0.5) is 18.9 Å². The molecule has 0 aliphatic rings. The van der Waals surface area contributed by atoms with E-state index >= 15 is 0 Å². The van der Waals surface area contributed by atoms with Crippen LogP contribution in [-0.2, 0) is 11.3 Å². The van der Waals surface area contributed by atoms with Crippen molar-refractivity contribution >= 4 is 17.6 Å². The predicted octanol–water partition coefficient (Wildman–Crippen LogP) is 3.29. The number of nitrogens with one attached hydrogen (secondary N) is 3. The number of alkyl halides is 3. The van der Waals surface area contributed by atoms with Crippen molar-refractivity contribution in [2.24, 2.45) is 10.9 Å². The Kier molecular flexibility index (Phi) is 8.24. The molecule has 0 fully saturated rings. The molecule has 0 aromatic heterocycles. The molecule has 1 unspecified atom stereocenters. The highest BCUT2D eigenvalue weighted by Gasteiger charge is 2.26. The van der Waals surface area contributed by atoms with Crippen LogP contribution in [0, 0.1) is 5.92 Å². The number of nitrogens with zero attached hydrogens (tertiary/aromatic N) is 1. The molecule has 1 rings (SSSR count). The Hall–Kier alpha value is -2.25. The fourth-order valence-corrected chi connectivity index (χ4v) is 1.94. The van der Waals surface area contributed by atoms with Gasteiger partial charge in [0, 0.05) is 31.7 Å². The fraction of sp³-hybridized carbons (Fsp3) is 0.529. The van der Waals surface area contributed by atoms with Gasteiger partial charge in [-0.1, -0.05) is 26.0 Å². The zero-order valence-electron chi connectivity index (χ0n) is 14.7. The van der Waals surface area contributed by atoms with Gasteiger partial charge < -0.3 is 16.0 Å². The number of carbonyl (C=O) groups is 1. The lowest BCUT2D eigenvalue weighted by molar-refractivity contribution is -0.132. The molecular weight excluding hydrogens is 333 g/mol. The van der Waals surface area contributed by atoms with Crippen LogP contribution in [0.2, 0.25) is 0 Å². The van der Waals surface area contributed by atoms with Gasteiger partial charge in [0.1, 0.15) is 0 Å². The molecule has 8 heteroatoms. The van der Waals surface area contributed by atoms with Crippen LogP contribution >= 0.6 is 0 Å². The smallest absolute Gasteiger partial charge is 0.356 e. The second-order valence-electron chi connectivity index (χ2n) is 5.72. The van der Waals surface area contributed by atoms with E-state index in [1.807, 2.05) is 32.0 Å². The van der Waals surface area contributed by atoms with E-state index in [0.717, 1.165) is 12.0 Å². The third-order valence-corrected chi connectivity index (χ3v) is 3.64. The molecule has 3 N–H and O–H groups in total. The van der Waals surface area contributed by atoms with Gasteiger partial charge in [-0.2, -0.15) is 13.2 Å². The minimum atomic E-state index is -4.20. The topological polar surface area (TPSA) is 65.5 Å². The summed E-state index contributed by atoms with van der Waals surface area (Å²) < 4.78 is 36.5. The van der Waals surface area contributed by atoms with Crippen LogP contribution in [0.15, 0.2) is 29.3 Å². The van der Waals surface area contributed by atoms with Crippen molar-refractivity contribution in [3.8, 4) is 0 Å². The lowest BCUT2D eigenvalue weighted by Crippen LogP contribution is -2.38. The van der Waals surface area contributed by atoms with Crippen LogP contribution in [0.3, 0.4) is 0 Å². The van der Waals surface area contributed by atoms with Crippen LogP contribution in [0.5, 0.6) is 0 Å². The molecule has 0 bridgehead atoms. The highest BCUT2D eigenvalue weighted by atomic mass is 19.4. The van der Waals surface area contributed by atoms with Gasteiger partial charge in [-0.05, 0) is 24.1 Å². The quantitative estimate of drug-likeness (QED) is 0.518. The zero-order chi connectivity index (χ0) is 18.9. The Balaban J connectivity index is 2.53. The molecule has 1 aromatic carbocycles. The summed E-state index contributed by atoms with van der Waals surface area (Å²) in [6, 6.07) is 7.27. The van der Waals surface area contributed by atoms with Gasteiger partial charge in [-0.15, -0.1) is 0 Å². The van der Waals surface area contributed by atoms with E-state index in [2.05, 4.69) is 20.9 Å². The molecule has 25 heavy (non-hydrogen) atoms. The molecule has 1 amide bonds. The normalized spacial score (nSPS) is 13.3. The van der Waals surface area contributed by atoms with E-state index in [1.54, 1.807) is 6.07 Å². The van der Waals surface area contributed by atoms with Crippen molar-refractivity contribution in [2.75, 3.05) is 18.9 Å². The third kappa shape index (κ3) is 8.42. The van der Waals surface area contributed by atoms with Crippen molar-refractivity contribution in [1.82, 2.24) is 10.6 Å². The fourth-order valence-electron chi connectivity index (χ4n) is 1.94. The molecule has 0 heterocycles. The Morgan fingerprint density at radius 3 is 2.60 bits per heavy atom. The first-order valence-corrected chi connectivity index (χ1v) is 8.16. The number of amides is 1. The van der Waals surface area contributed by atoms with Crippen molar-refractivity contribution in [3.63, 3.8) is 0 Å². The molecule has 0 saturated heterocycles. The maximum Gasteiger partial charge on any atom is 0.390 e. The van der Waals surface area contributed by atoms with Gasteiger partial charge in [0.15, 0.2) is 5.96 Å². The largest absolute Gasteiger partial charge is 0.390 e. The standard InChI is InChI=1S/C17H25F3N4O/c1-4-12(2)15(25)24-14-7-5-6-13(10-14)11-23-16(21-3)22-9-8-17(18,19)20/h5-7,10,12H,4,8-9,11H2,1-3H3,(H,24,25)(H2,21,22,23). The molecule has 140 valence electrons. The van der Waals surface area contributed by atoms with Crippen LogP contribution < -0.4 is 16.0 Å². The Morgan fingerprint density at radius 2 is 2.00 bits per heavy atom. The van der Waals surface area contributed by atoms with E-state index in [0.29, 0.717) is 18.2 Å². The number of guanidine groups is 1. The summed E-state index contributed by atoms with van der Waals surface area (Å²) in [6.45, 7) is 3.94. The SMILES string of the molecule is CCC(C)C(=O)Nc1cccc(CNC(=NC)NCCC(F)(F)F)c1. The number of carbonyl (C=O) groups excluding carboxylic acids is 1. The minimum Gasteiger partial charge on any atom is -0.356 e. The Labute approximate surface area is 146 Å². The van der Waals surface area contributed by atoms with E-state index in [4.69, 9.17) is 0 Å². The Bertz CT molecular complexity index is 588. The second-order valence-corrected chi connectivity index (χ2v) is 5.72. The highest BCUT2D eigenvalue weighted by Crippen LogP contribution is 2.18. The third-order valence-electron chi connectivity index (χ3n) is 3.64. The van der Waals surface area contributed by atoms with E-state index in [9.17, 15) is 18.0 Å². The summed E-state index contributed by atoms with van der Waals surface area (Å²) in [5.41, 5.74) is 1.56. The summed E-state index contributed by atoms with van der Waals surface area (Å²) in [4.78, 5) is 15.8. The Morgan fingerprint density at radius 1 is 1.28 bits per heavy atom. The molecule has 0 saturated carbocycles. The van der Waals surface area contributed by atoms with Gasteiger partial charge in [0.2, 0.25) is 5.91 Å². The molecule has 0 aliphatic carbocycles. The molecule has 0 aliphatic heterocycles. The number of rotatable bonds is 7. The number of hydrogen-bond acceptors (Lipinski definition) is 2. The molecule has 0 radical (unpaired) electrons. The highest BCUT2D eigenvalue weighted by molar-refractivity contribution is 5.92. The second kappa shape index (κ2) is 9.90. The van der Waals surface area contributed by atoms with Gasteiger partial charge in [0.05, 0.1) is 6.42 Å². The average Bonchev–Trinajstić information content (AvgIpc) is 2.56. The first kappa shape index (κ1) is 20.8. The van der Waals surface area contributed by atoms with Crippen LogP contribution in [0.1, 0.15) is 32.3 Å². The summed E-state index contributed by atoms with van der Waals surface area (Å²) in [6.07, 6.45) is -4.37. The molecule has 0 spiro atoms. The molecule has 1 aromatic rings. The summed E-state index contributed by atoms with van der Waals surface area (Å²) in [7, 11) is 1.49. The average molecular weight is 358 g/mol. The number of aliphatic imine (C=N–C) groups is 1. The van der Waals surface area contributed by atoms with E-state index in [-0.39, 0.29) is 18.4 Å². The van der Waals surface area contributed by atoms with Crippen LogP contribution in [-0.4, -0.2) is 31.6 Å². The summed E-state index contributed by atoms with van der Waals surface area (Å²) in [5.74, 6) is 0.175. The van der Waals surface area contributed by atoms with Crippen molar-refractivity contribution in [3.05, 3.63) is 29.8 Å². The number of halogens is 3. The van der Waals surface area contributed by atoms with Gasteiger partial charge >= 0.3 is 6.18 Å². The van der Waals surface area contributed by atoms with Gasteiger partial charge in [0.25, 0.3) is 0 Å². The van der Waals surface area contributed by atoms with Gasteiger partial charge in [-0.3, -0.25) is 9.79 Å². The first-order valence-electron chi connectivity index (χ1n) is 8.16.